The number of ketones is 1. The Balaban J connectivity index is 1.87. The molecule has 0 aliphatic heterocycles. The Labute approximate surface area is 150 Å². The van der Waals surface area contributed by atoms with Crippen molar-refractivity contribution >= 4 is 5.78 Å². The molecule has 0 aliphatic carbocycles. The highest BCUT2D eigenvalue weighted by Crippen LogP contribution is 2.32. The van der Waals surface area contributed by atoms with Crippen LogP contribution in [0, 0.1) is 13.8 Å². The summed E-state index contributed by atoms with van der Waals surface area (Å²) in [6.45, 7) is 3.47. The zero-order valence-corrected chi connectivity index (χ0v) is 14.4. The third-order valence-corrected chi connectivity index (χ3v) is 4.27. The molecule has 0 amide bonds. The first-order valence-corrected chi connectivity index (χ1v) is 8.25. The number of carbonyl (C=O) groups excluding carboxylic acids is 1. The van der Waals surface area contributed by atoms with Gasteiger partial charge in [0.1, 0.15) is 22.9 Å². The predicted octanol–water partition coefficient (Wildman–Crippen LogP) is 4.84. The lowest BCUT2D eigenvalue weighted by atomic mass is 9.95. The number of benzene rings is 2. The molecule has 4 aromatic rings. The minimum Gasteiger partial charge on any atom is -0.360 e. The Morgan fingerprint density at radius 2 is 1.08 bits per heavy atom. The topological polar surface area (TPSA) is 69.1 Å². The first-order valence-electron chi connectivity index (χ1n) is 8.25. The van der Waals surface area contributed by atoms with Crippen molar-refractivity contribution in [2.24, 2.45) is 0 Å². The lowest BCUT2D eigenvalue weighted by Crippen LogP contribution is -2.06. The fraction of sp³-hybridized carbons (Fsp3) is 0.0952. The maximum Gasteiger partial charge on any atom is 0.204 e. The van der Waals surface area contributed by atoms with Gasteiger partial charge < -0.3 is 9.05 Å². The van der Waals surface area contributed by atoms with Crippen LogP contribution in [0.1, 0.15) is 27.4 Å². The van der Waals surface area contributed by atoms with E-state index in [1.54, 1.807) is 13.8 Å². The van der Waals surface area contributed by atoms with Gasteiger partial charge in [0.05, 0.1) is 11.1 Å². The molecular weight excluding hydrogens is 328 g/mol. The highest BCUT2D eigenvalue weighted by molar-refractivity contribution is 6.16. The predicted molar refractivity (Wildman–Crippen MR) is 96.8 cm³/mol. The Kier molecular flexibility index (Phi) is 3.97. The van der Waals surface area contributed by atoms with Crippen molar-refractivity contribution in [3.05, 3.63) is 83.3 Å². The fourth-order valence-corrected chi connectivity index (χ4v) is 2.99. The number of aromatic nitrogens is 2. The number of carbonyl (C=O) groups is 1. The Hall–Kier alpha value is -3.47. The molecule has 128 valence electrons. The average Bonchev–Trinajstić information content (AvgIpc) is 3.25. The monoisotopic (exact) mass is 344 g/mol. The highest BCUT2D eigenvalue weighted by atomic mass is 16.5. The first kappa shape index (κ1) is 16.0. The summed E-state index contributed by atoms with van der Waals surface area (Å²) in [7, 11) is 0. The van der Waals surface area contributed by atoms with Gasteiger partial charge in [0.2, 0.25) is 5.78 Å². The maximum absolute atomic E-state index is 13.4. The van der Waals surface area contributed by atoms with E-state index in [2.05, 4.69) is 10.3 Å². The van der Waals surface area contributed by atoms with E-state index < -0.39 is 0 Å². The van der Waals surface area contributed by atoms with Gasteiger partial charge in [-0.1, -0.05) is 71.0 Å². The van der Waals surface area contributed by atoms with Crippen LogP contribution in [-0.2, 0) is 0 Å². The molecule has 0 fully saturated rings. The van der Waals surface area contributed by atoms with Gasteiger partial charge in [0.25, 0.3) is 0 Å². The summed E-state index contributed by atoms with van der Waals surface area (Å²) in [6, 6.07) is 19.0. The molecule has 2 aromatic carbocycles. The molecule has 2 heterocycles. The van der Waals surface area contributed by atoms with E-state index in [1.165, 1.54) is 0 Å². The third-order valence-electron chi connectivity index (χ3n) is 4.27. The molecule has 0 radical (unpaired) electrons. The van der Waals surface area contributed by atoms with Gasteiger partial charge in [-0.05, 0) is 13.8 Å². The summed E-state index contributed by atoms with van der Waals surface area (Å²) in [5.41, 5.74) is 3.55. The molecule has 0 bridgehead atoms. The summed E-state index contributed by atoms with van der Waals surface area (Å²) in [4.78, 5) is 13.4. The number of aryl methyl sites for hydroxylation is 2. The van der Waals surface area contributed by atoms with Crippen molar-refractivity contribution < 1.29 is 13.8 Å². The second-order valence-electron chi connectivity index (χ2n) is 5.99. The molecule has 5 heteroatoms. The van der Waals surface area contributed by atoms with E-state index in [-0.39, 0.29) is 5.78 Å². The molecule has 0 aliphatic rings. The van der Waals surface area contributed by atoms with E-state index in [1.807, 2.05) is 60.7 Å². The van der Waals surface area contributed by atoms with Crippen molar-refractivity contribution in [2.45, 2.75) is 13.8 Å². The molecular formula is C21H16N2O3. The normalized spacial score (nSPS) is 10.8. The van der Waals surface area contributed by atoms with Crippen molar-refractivity contribution in [3.8, 4) is 22.5 Å². The van der Waals surface area contributed by atoms with Crippen LogP contribution in [0.4, 0.5) is 0 Å². The summed E-state index contributed by atoms with van der Waals surface area (Å²) in [6.07, 6.45) is 0. The van der Waals surface area contributed by atoms with Crippen molar-refractivity contribution in [1.82, 2.24) is 10.3 Å². The number of hydrogen-bond acceptors (Lipinski definition) is 5. The Morgan fingerprint density at radius 3 is 1.46 bits per heavy atom. The van der Waals surface area contributed by atoms with Gasteiger partial charge in [-0.3, -0.25) is 4.79 Å². The van der Waals surface area contributed by atoms with E-state index in [0.29, 0.717) is 34.0 Å². The number of rotatable bonds is 4. The Bertz CT molecular complexity index is 978. The zero-order valence-electron chi connectivity index (χ0n) is 14.4. The number of nitrogens with zero attached hydrogens (tertiary/aromatic N) is 2. The SMILES string of the molecule is Cc1onc(-c2ccccc2)c1C(=O)c1c(-c2ccccc2)noc1C. The maximum atomic E-state index is 13.4. The van der Waals surface area contributed by atoms with Gasteiger partial charge in [-0.25, -0.2) is 0 Å². The minimum atomic E-state index is -0.208. The van der Waals surface area contributed by atoms with Crippen LogP contribution >= 0.6 is 0 Å². The van der Waals surface area contributed by atoms with Crippen LogP contribution in [0.5, 0.6) is 0 Å². The molecule has 26 heavy (non-hydrogen) atoms. The average molecular weight is 344 g/mol. The van der Waals surface area contributed by atoms with Gasteiger partial charge >= 0.3 is 0 Å². The third kappa shape index (κ3) is 2.63. The molecule has 0 spiro atoms. The largest absolute Gasteiger partial charge is 0.360 e. The Morgan fingerprint density at radius 1 is 0.692 bits per heavy atom. The fourth-order valence-electron chi connectivity index (χ4n) is 2.99. The van der Waals surface area contributed by atoms with Gasteiger partial charge in [0, 0.05) is 11.1 Å². The van der Waals surface area contributed by atoms with E-state index in [0.717, 1.165) is 11.1 Å². The van der Waals surface area contributed by atoms with Crippen LogP contribution in [-0.4, -0.2) is 16.1 Å². The number of hydrogen-bond donors (Lipinski definition) is 0. The standard InChI is InChI=1S/C21H16N2O3/c1-13-17(19(22-25-13)15-9-5-3-6-10-15)21(24)18-14(2)26-23-20(18)16-11-7-4-8-12-16/h3-12H,1-2H3. The van der Waals surface area contributed by atoms with Crippen LogP contribution in [0.25, 0.3) is 22.5 Å². The van der Waals surface area contributed by atoms with Crippen LogP contribution in [0.2, 0.25) is 0 Å². The van der Waals surface area contributed by atoms with Gasteiger partial charge in [-0.15, -0.1) is 0 Å². The smallest absolute Gasteiger partial charge is 0.204 e. The van der Waals surface area contributed by atoms with Crippen LogP contribution in [0.15, 0.2) is 69.7 Å². The minimum absolute atomic E-state index is 0.208. The molecule has 0 atom stereocenters. The summed E-state index contributed by atoms with van der Waals surface area (Å²) < 4.78 is 10.7. The zero-order chi connectivity index (χ0) is 18.1. The molecule has 0 saturated carbocycles. The summed E-state index contributed by atoms with van der Waals surface area (Å²) >= 11 is 0. The van der Waals surface area contributed by atoms with Crippen molar-refractivity contribution in [2.75, 3.05) is 0 Å². The molecule has 0 unspecified atom stereocenters. The van der Waals surface area contributed by atoms with Gasteiger partial charge in [-0.2, -0.15) is 0 Å². The first-order chi connectivity index (χ1) is 12.7. The molecule has 2 aromatic heterocycles. The lowest BCUT2D eigenvalue weighted by molar-refractivity contribution is 0.103. The summed E-state index contributed by atoms with van der Waals surface area (Å²) in [5, 5.41) is 8.20. The van der Waals surface area contributed by atoms with E-state index in [9.17, 15) is 4.79 Å². The second-order valence-corrected chi connectivity index (χ2v) is 5.99. The second kappa shape index (κ2) is 6.44. The van der Waals surface area contributed by atoms with Gasteiger partial charge in [0.15, 0.2) is 0 Å². The van der Waals surface area contributed by atoms with E-state index >= 15 is 0 Å². The van der Waals surface area contributed by atoms with E-state index in [4.69, 9.17) is 9.05 Å². The van der Waals surface area contributed by atoms with Crippen LogP contribution in [0.3, 0.4) is 0 Å². The molecule has 0 saturated heterocycles. The highest BCUT2D eigenvalue weighted by Gasteiger charge is 2.29. The molecule has 0 N–H and O–H groups in total. The molecule has 5 nitrogen and oxygen atoms in total. The van der Waals surface area contributed by atoms with Crippen molar-refractivity contribution in [1.29, 1.82) is 0 Å². The quantitative estimate of drug-likeness (QED) is 0.495. The van der Waals surface area contributed by atoms with Crippen LogP contribution < -0.4 is 0 Å². The summed E-state index contributed by atoms with van der Waals surface area (Å²) in [5.74, 6) is 0.724. The lowest BCUT2D eigenvalue weighted by Gasteiger charge is -2.04. The van der Waals surface area contributed by atoms with Crippen molar-refractivity contribution in [3.63, 3.8) is 0 Å². The molecule has 4 rings (SSSR count).